The van der Waals surface area contributed by atoms with Gasteiger partial charge in [-0.25, -0.2) is 69.9 Å². The van der Waals surface area contributed by atoms with Gasteiger partial charge < -0.3 is 62.3 Å². The number of sulfonamides is 1. The predicted octanol–water partition coefficient (Wildman–Crippen LogP) is 18.8. The van der Waals surface area contributed by atoms with Crippen LogP contribution < -0.4 is 0 Å². The lowest BCUT2D eigenvalue weighted by Crippen LogP contribution is -2.50. The molecule has 0 amide bonds. The first-order chi connectivity index (χ1) is 62.0. The molecule has 710 valence electrons. The largest absolute Gasteiger partial charge is 0.392 e. The van der Waals surface area contributed by atoms with Crippen LogP contribution in [-0.4, -0.2) is 162 Å². The lowest BCUT2D eigenvalue weighted by molar-refractivity contribution is -0.212. The second kappa shape index (κ2) is 47.4. The second-order valence-corrected chi connectivity index (χ2v) is 37.9. The summed E-state index contributed by atoms with van der Waals surface area (Å²) in [4.78, 5) is 10.5. The predicted molar refractivity (Wildman–Crippen MR) is 472 cm³/mol. The number of hydrogen-bond acceptors (Lipinski definition) is 19. The van der Waals surface area contributed by atoms with Gasteiger partial charge in [0.2, 0.25) is 10.0 Å². The first-order valence-electron chi connectivity index (χ1n) is 39.5. The highest BCUT2D eigenvalue weighted by molar-refractivity contribution is 14.1. The lowest BCUT2D eigenvalue weighted by Gasteiger charge is -2.41. The maximum atomic E-state index is 15.1. The van der Waals surface area contributed by atoms with E-state index in [1.165, 1.54) is 28.6 Å². The smallest absolute Gasteiger partial charge is 0.264 e. The summed E-state index contributed by atoms with van der Waals surface area (Å²) >= 11 is 10.4. The van der Waals surface area contributed by atoms with Gasteiger partial charge in [0, 0.05) is 62.7 Å². The summed E-state index contributed by atoms with van der Waals surface area (Å²) < 4.78 is 305. The van der Waals surface area contributed by atoms with Gasteiger partial charge in [-0.05, 0) is 181 Å². The molecule has 15 rings (SSSR count). The summed E-state index contributed by atoms with van der Waals surface area (Å²) in [6.45, 7) is 20.7. The highest BCUT2D eigenvalue weighted by atomic mass is 127. The Morgan fingerprint density at radius 3 is 1.11 bits per heavy atom. The third-order valence-corrected chi connectivity index (χ3v) is 26.7. The van der Waals surface area contributed by atoms with E-state index >= 15 is 8.78 Å². The van der Waals surface area contributed by atoms with Crippen LogP contribution in [0.5, 0.6) is 0 Å². The first kappa shape index (κ1) is 107. The van der Waals surface area contributed by atoms with Gasteiger partial charge in [0.25, 0.3) is 10.1 Å². The number of aldehydes is 1. The number of halogens is 18. The van der Waals surface area contributed by atoms with E-state index in [0.717, 1.165) is 91.2 Å². The molecule has 131 heavy (non-hydrogen) atoms. The second-order valence-electron chi connectivity index (χ2n) is 30.4. The number of nitrogens with zero attached hydrogens (tertiary/aromatic N) is 1. The average molecular weight is 2200 g/mol. The number of aliphatic hydroxyl groups excluding tert-OH is 1. The summed E-state index contributed by atoms with van der Waals surface area (Å²) in [5.41, 5.74) is -5.75. The van der Waals surface area contributed by atoms with E-state index in [0.29, 0.717) is 22.0 Å². The monoisotopic (exact) mass is 2190 g/mol. The van der Waals surface area contributed by atoms with Crippen LogP contribution >= 0.6 is 70.4 Å². The summed E-state index contributed by atoms with van der Waals surface area (Å²) in [5, 5.41) is 17.9. The number of aliphatic hydroxyl groups is 2. The molecule has 20 nitrogen and oxygen atoms in total. The van der Waals surface area contributed by atoms with Crippen molar-refractivity contribution in [2.45, 2.75) is 84.4 Å². The maximum Gasteiger partial charge on any atom is 0.264 e. The van der Waals surface area contributed by atoms with E-state index in [2.05, 4.69) is 84.9 Å². The molecule has 8 aromatic carbocycles. The zero-order valence-electron chi connectivity index (χ0n) is 70.1. The molecule has 2 N–H and O–H groups in total. The van der Waals surface area contributed by atoms with E-state index in [4.69, 9.17) is 57.2 Å². The summed E-state index contributed by atoms with van der Waals surface area (Å²) in [7, 11) is -7.49. The van der Waals surface area contributed by atoms with Crippen molar-refractivity contribution in [2.75, 3.05) is 119 Å². The van der Waals surface area contributed by atoms with Crippen LogP contribution in [0.1, 0.15) is 91.0 Å². The molecule has 0 aromatic heterocycles. The van der Waals surface area contributed by atoms with E-state index in [1.807, 2.05) is 6.07 Å². The molecule has 0 spiro atoms. The number of benzene rings is 8. The molecule has 0 radical (unpaired) electrons. The highest BCUT2D eigenvalue weighted by Crippen LogP contribution is 2.45. The van der Waals surface area contributed by atoms with Crippen molar-refractivity contribution >= 4 is 96.8 Å². The SMILES string of the molecule is C=CCOC1(c2cc(F)c(Br)cc2F)COC1.C=CCOC1(c2cc(F)c(C=O)cc2F)COC1.C=CCOC1(c2cc(F)c(CN3[C@@H](C)CC[C@H](c4ccccc4)S3(=O)=O)cc2F)COC1.C=CCOC1(c2cc(F)c(CO)cc2F)COC1.C=CCOC1(c2cc(F)c(COS(C)(=O)=O)cc2F)COC1.Fc1cc(I)c(F)cc1Br.OC1(c2cc(F)c(Br)cc2F)COC1. The molecule has 7 aliphatic heterocycles. The molecule has 0 bridgehead atoms. The molecule has 7 saturated heterocycles. The summed E-state index contributed by atoms with van der Waals surface area (Å²) in [5.74, 6) is -8.59. The van der Waals surface area contributed by atoms with Crippen molar-refractivity contribution in [3.63, 3.8) is 0 Å². The number of rotatable bonds is 29. The molecule has 7 aliphatic rings. The standard InChI is InChI=1S/C24H27F2NO4S.C14H16F2O5S.C13H14F2O3.C13H12F2O3.C12H11BrF2O2.C9H7BrF2O2.C6H2BrF2I/c1-3-11-31-24(15-30-16-24)20-13-21(25)19(12-22(20)26)14-27-17(2)9-10-23(32(27,28)29)18-7-5-4-6-8-18;1-3-4-20-14(8-19-9-14)11-6-12(15)10(5-13(11)16)7-21-22(2,17)18;2*1-2-3-18-13(7-17-8-13)10-5-11(14)9(6-16)4-12(10)15;1-2-3-17-12(6-16-7-12)8-4-11(15)9(13)5-10(8)14;10-6-2-7(11)5(1-8(6)12)9(13)3-14-4-9;7-3-1-5(9)6(10)2-4(3)8/h3-8,12-13,17,23H,1,9-11,14-16H2,2H3;3,5-6H,1,4,7-9H2,2H3;2,4-5,16H,1,3,6-8H2;2,4-6H,1,3,7-8H2;2,4-5H,1,3,6-7H2;1-2,13H,3-4H2;1-2H/t17-,23+;;;;;;/m0....../s1. The molecule has 0 aliphatic carbocycles. The van der Waals surface area contributed by atoms with Crippen LogP contribution in [0.3, 0.4) is 0 Å². The Hall–Kier alpha value is -7.38. The minimum absolute atomic E-state index is 0.00495. The van der Waals surface area contributed by atoms with Crippen LogP contribution in [-0.2, 0) is 130 Å². The number of carbonyl (C=O) groups excluding carboxylic acids is 1. The van der Waals surface area contributed by atoms with E-state index in [-0.39, 0.29) is 200 Å². The van der Waals surface area contributed by atoms with Gasteiger partial charge in [0.1, 0.15) is 120 Å². The minimum atomic E-state index is -3.75. The topological polar surface area (TPSA) is 240 Å². The van der Waals surface area contributed by atoms with Gasteiger partial charge in [0.05, 0.1) is 154 Å². The highest BCUT2D eigenvalue weighted by Gasteiger charge is 2.50. The Kier molecular flexibility index (Phi) is 38.8. The van der Waals surface area contributed by atoms with Crippen molar-refractivity contribution < 1.29 is 150 Å². The van der Waals surface area contributed by atoms with Gasteiger partial charge in [-0.3, -0.25) is 8.98 Å². The molecule has 7 heterocycles. The van der Waals surface area contributed by atoms with Crippen LogP contribution in [0.4, 0.5) is 61.5 Å². The van der Waals surface area contributed by atoms with Gasteiger partial charge in [-0.1, -0.05) is 60.7 Å². The Morgan fingerprint density at radius 2 is 0.763 bits per heavy atom. The lowest BCUT2D eigenvalue weighted by atomic mass is 9.90. The fraction of sp³-hybridized carbons (Fsp3) is 0.352. The molecular formula is C91H89Br3F14INO19S2. The quantitative estimate of drug-likeness (QED) is 0.0111. The van der Waals surface area contributed by atoms with Crippen LogP contribution in [0, 0.1) is 85.0 Å². The van der Waals surface area contributed by atoms with E-state index in [9.17, 15) is 79.4 Å². The average Bonchev–Trinajstić information content (AvgIpc) is 0.782. The third kappa shape index (κ3) is 26.3. The van der Waals surface area contributed by atoms with Crippen LogP contribution in [0.25, 0.3) is 0 Å². The molecule has 7 fully saturated rings. The third-order valence-electron chi connectivity index (χ3n) is 21.1. The van der Waals surface area contributed by atoms with Crippen molar-refractivity contribution in [1.82, 2.24) is 4.31 Å². The zero-order valence-corrected chi connectivity index (χ0v) is 78.6. The fourth-order valence-corrected chi connectivity index (χ4v) is 17.6. The Morgan fingerprint density at radius 1 is 0.443 bits per heavy atom. The molecule has 40 heteroatoms. The minimum Gasteiger partial charge on any atom is -0.392 e. The molecule has 2 atom stereocenters. The van der Waals surface area contributed by atoms with Gasteiger partial charge >= 0.3 is 0 Å². The number of hydrogen-bond donors (Lipinski definition) is 2. The van der Waals surface area contributed by atoms with Gasteiger partial charge in [-0.2, -0.15) is 12.7 Å². The Bertz CT molecular complexity index is 5590. The van der Waals surface area contributed by atoms with Crippen molar-refractivity contribution in [1.29, 1.82) is 0 Å². The fourth-order valence-electron chi connectivity index (χ4n) is 13.7. The van der Waals surface area contributed by atoms with Crippen LogP contribution in [0.15, 0.2) is 192 Å². The molecular weight excluding hydrogens is 2110 g/mol. The van der Waals surface area contributed by atoms with Gasteiger partial charge in [-0.15, -0.1) is 32.9 Å². The Labute approximate surface area is 786 Å². The Balaban J connectivity index is 0.000000176. The van der Waals surface area contributed by atoms with E-state index < -0.39 is 154 Å². The molecule has 8 aromatic rings. The number of carbonyl (C=O) groups is 1. The number of ether oxygens (including phenoxy) is 11. The molecule has 0 saturated carbocycles. The van der Waals surface area contributed by atoms with Crippen molar-refractivity contribution in [3.05, 3.63) is 338 Å². The van der Waals surface area contributed by atoms with Gasteiger partial charge in [0.15, 0.2) is 6.29 Å². The molecule has 0 unspecified atom stereocenters. The maximum absolute atomic E-state index is 15.1. The summed E-state index contributed by atoms with van der Waals surface area (Å²) in [6, 6.07) is 23.2. The van der Waals surface area contributed by atoms with Crippen molar-refractivity contribution in [2.24, 2.45) is 0 Å². The first-order valence-corrected chi connectivity index (χ1v) is 46.3. The van der Waals surface area contributed by atoms with Crippen LogP contribution in [0.2, 0.25) is 0 Å². The van der Waals surface area contributed by atoms with E-state index in [1.54, 1.807) is 59.9 Å². The normalized spacial score (nSPS) is 18.7. The zero-order chi connectivity index (χ0) is 96.2. The summed E-state index contributed by atoms with van der Waals surface area (Å²) in [6.07, 6.45) is 9.89. The van der Waals surface area contributed by atoms with Crippen molar-refractivity contribution in [3.8, 4) is 0 Å².